The summed E-state index contributed by atoms with van der Waals surface area (Å²) in [6, 6.07) is 4.26. The summed E-state index contributed by atoms with van der Waals surface area (Å²) in [5.74, 6) is -0.305. The van der Waals surface area contributed by atoms with Crippen molar-refractivity contribution in [2.45, 2.75) is 25.4 Å². The van der Waals surface area contributed by atoms with Crippen LogP contribution in [0.4, 0.5) is 10.1 Å². The van der Waals surface area contributed by atoms with Gasteiger partial charge in [0.1, 0.15) is 5.82 Å². The molecule has 1 N–H and O–H groups in total. The maximum Gasteiger partial charge on any atom is 0.142 e. The molecule has 0 aromatic heterocycles. The van der Waals surface area contributed by atoms with Gasteiger partial charge in [-0.15, -0.1) is 0 Å². The van der Waals surface area contributed by atoms with Gasteiger partial charge in [0.2, 0.25) is 0 Å². The SMILES string of the molecule is CC1CNC[C@H]2Cc3cc(F)c(Cl)cc3N12. The summed E-state index contributed by atoms with van der Waals surface area (Å²) in [7, 11) is 0. The van der Waals surface area contributed by atoms with Crippen LogP contribution in [0.1, 0.15) is 12.5 Å². The van der Waals surface area contributed by atoms with Crippen LogP contribution in [0.2, 0.25) is 5.02 Å². The predicted molar refractivity (Wildman–Crippen MR) is 63.7 cm³/mol. The first kappa shape index (κ1) is 10.4. The zero-order valence-corrected chi connectivity index (χ0v) is 9.89. The maximum atomic E-state index is 13.4. The smallest absolute Gasteiger partial charge is 0.142 e. The Kier molecular flexibility index (Phi) is 2.33. The minimum absolute atomic E-state index is 0.227. The lowest BCUT2D eigenvalue weighted by Crippen LogP contribution is -2.54. The van der Waals surface area contributed by atoms with Crippen molar-refractivity contribution in [3.63, 3.8) is 0 Å². The summed E-state index contributed by atoms with van der Waals surface area (Å²) in [6.07, 6.45) is 0.917. The van der Waals surface area contributed by atoms with Gasteiger partial charge in [-0.2, -0.15) is 0 Å². The van der Waals surface area contributed by atoms with Crippen LogP contribution in [0.25, 0.3) is 0 Å². The fourth-order valence-corrected chi connectivity index (χ4v) is 3.01. The fourth-order valence-electron chi connectivity index (χ4n) is 2.86. The second-order valence-corrected chi connectivity index (χ2v) is 5.07. The van der Waals surface area contributed by atoms with Crippen LogP contribution in [0, 0.1) is 5.82 Å². The van der Waals surface area contributed by atoms with Gasteiger partial charge in [0.25, 0.3) is 0 Å². The summed E-state index contributed by atoms with van der Waals surface area (Å²) >= 11 is 5.85. The molecule has 2 atom stereocenters. The van der Waals surface area contributed by atoms with E-state index in [1.54, 1.807) is 12.1 Å². The van der Waals surface area contributed by atoms with Crippen molar-refractivity contribution >= 4 is 17.3 Å². The number of piperazine rings is 1. The van der Waals surface area contributed by atoms with Crippen molar-refractivity contribution in [1.82, 2.24) is 5.32 Å². The quantitative estimate of drug-likeness (QED) is 0.748. The van der Waals surface area contributed by atoms with Gasteiger partial charge in [0, 0.05) is 30.9 Å². The molecule has 0 aliphatic carbocycles. The number of halogens is 2. The highest BCUT2D eigenvalue weighted by Gasteiger charge is 2.35. The van der Waals surface area contributed by atoms with Gasteiger partial charge in [0.15, 0.2) is 0 Å². The summed E-state index contributed by atoms with van der Waals surface area (Å²) in [4.78, 5) is 2.37. The Morgan fingerprint density at radius 2 is 2.25 bits per heavy atom. The molecular weight excluding hydrogens is 227 g/mol. The monoisotopic (exact) mass is 240 g/mol. The van der Waals surface area contributed by atoms with E-state index in [2.05, 4.69) is 17.1 Å². The molecule has 16 heavy (non-hydrogen) atoms. The number of nitrogens with zero attached hydrogens (tertiary/aromatic N) is 1. The Morgan fingerprint density at radius 3 is 3.06 bits per heavy atom. The van der Waals surface area contributed by atoms with Crippen LogP contribution in [0.3, 0.4) is 0 Å². The van der Waals surface area contributed by atoms with E-state index in [1.165, 1.54) is 0 Å². The average molecular weight is 241 g/mol. The lowest BCUT2D eigenvalue weighted by atomic mass is 10.1. The van der Waals surface area contributed by atoms with Crippen molar-refractivity contribution in [2.24, 2.45) is 0 Å². The molecule has 0 spiro atoms. The van der Waals surface area contributed by atoms with Crippen LogP contribution in [-0.2, 0) is 6.42 Å². The van der Waals surface area contributed by atoms with E-state index < -0.39 is 0 Å². The minimum atomic E-state index is -0.305. The largest absolute Gasteiger partial charge is 0.363 e. The molecule has 0 amide bonds. The minimum Gasteiger partial charge on any atom is -0.363 e. The van der Waals surface area contributed by atoms with E-state index in [1.807, 2.05) is 0 Å². The first-order valence-corrected chi connectivity index (χ1v) is 6.01. The Hall–Kier alpha value is -0.800. The zero-order chi connectivity index (χ0) is 11.3. The first-order valence-electron chi connectivity index (χ1n) is 5.64. The lowest BCUT2D eigenvalue weighted by molar-refractivity contribution is 0.430. The molecule has 2 nitrogen and oxygen atoms in total. The van der Waals surface area contributed by atoms with Gasteiger partial charge in [-0.25, -0.2) is 4.39 Å². The average Bonchev–Trinajstić information content (AvgIpc) is 2.58. The Bertz CT molecular complexity index is 435. The molecule has 1 saturated heterocycles. The normalized spacial score (nSPS) is 27.8. The maximum absolute atomic E-state index is 13.4. The number of fused-ring (bicyclic) bond motifs is 3. The van der Waals surface area contributed by atoms with Crippen LogP contribution >= 0.6 is 11.6 Å². The number of anilines is 1. The summed E-state index contributed by atoms with van der Waals surface area (Å²) in [5, 5.41) is 3.63. The second-order valence-electron chi connectivity index (χ2n) is 4.67. The van der Waals surface area contributed by atoms with E-state index in [-0.39, 0.29) is 10.8 Å². The third-order valence-electron chi connectivity index (χ3n) is 3.54. The van der Waals surface area contributed by atoms with E-state index in [0.29, 0.717) is 12.1 Å². The number of hydrogen-bond donors (Lipinski definition) is 1. The van der Waals surface area contributed by atoms with Crippen LogP contribution in [0.5, 0.6) is 0 Å². The van der Waals surface area contributed by atoms with E-state index >= 15 is 0 Å². The number of rotatable bonds is 0. The highest BCUT2D eigenvalue weighted by Crippen LogP contribution is 2.37. The molecule has 1 fully saturated rings. The Balaban J connectivity index is 2.06. The lowest BCUT2D eigenvalue weighted by Gasteiger charge is -2.38. The van der Waals surface area contributed by atoms with Gasteiger partial charge in [0.05, 0.1) is 5.02 Å². The Labute approximate surface area is 99.4 Å². The first-order chi connectivity index (χ1) is 7.66. The number of benzene rings is 1. The van der Waals surface area contributed by atoms with Crippen molar-refractivity contribution < 1.29 is 4.39 Å². The summed E-state index contributed by atoms with van der Waals surface area (Å²) in [6.45, 7) is 4.13. The molecule has 1 unspecified atom stereocenters. The van der Waals surface area contributed by atoms with Crippen molar-refractivity contribution in [3.8, 4) is 0 Å². The fraction of sp³-hybridized carbons (Fsp3) is 0.500. The number of hydrogen-bond acceptors (Lipinski definition) is 2. The van der Waals surface area contributed by atoms with Gasteiger partial charge in [-0.05, 0) is 31.0 Å². The van der Waals surface area contributed by atoms with Crippen molar-refractivity contribution in [3.05, 3.63) is 28.5 Å². The highest BCUT2D eigenvalue weighted by atomic mass is 35.5. The second kappa shape index (κ2) is 3.60. The van der Waals surface area contributed by atoms with Gasteiger partial charge >= 0.3 is 0 Å². The molecule has 0 saturated carbocycles. The molecule has 86 valence electrons. The molecule has 4 heteroatoms. The van der Waals surface area contributed by atoms with Crippen LogP contribution in [-0.4, -0.2) is 25.2 Å². The molecule has 3 rings (SSSR count). The van der Waals surface area contributed by atoms with Crippen LogP contribution in [0.15, 0.2) is 12.1 Å². The molecule has 0 radical (unpaired) electrons. The van der Waals surface area contributed by atoms with E-state index in [4.69, 9.17) is 11.6 Å². The van der Waals surface area contributed by atoms with Gasteiger partial charge in [-0.3, -0.25) is 0 Å². The molecule has 2 aliphatic heterocycles. The molecular formula is C12H14ClFN2. The van der Waals surface area contributed by atoms with Crippen molar-refractivity contribution in [2.75, 3.05) is 18.0 Å². The third-order valence-corrected chi connectivity index (χ3v) is 3.83. The van der Waals surface area contributed by atoms with Crippen molar-refractivity contribution in [1.29, 1.82) is 0 Å². The highest BCUT2D eigenvalue weighted by molar-refractivity contribution is 6.31. The summed E-state index contributed by atoms with van der Waals surface area (Å²) < 4.78 is 13.4. The molecule has 2 heterocycles. The summed E-state index contributed by atoms with van der Waals surface area (Å²) in [5.41, 5.74) is 2.20. The molecule has 0 bridgehead atoms. The third kappa shape index (κ3) is 1.42. The molecule has 1 aromatic rings. The standard InChI is InChI=1S/C12H14ClFN2/c1-7-5-15-6-9-2-8-3-11(14)10(13)4-12(8)16(7)9/h3-4,7,9,15H,2,5-6H2,1H3/t7?,9-/m1/s1. The van der Waals surface area contributed by atoms with E-state index in [0.717, 1.165) is 30.8 Å². The zero-order valence-electron chi connectivity index (χ0n) is 9.13. The Morgan fingerprint density at radius 1 is 1.44 bits per heavy atom. The van der Waals surface area contributed by atoms with E-state index in [9.17, 15) is 4.39 Å². The van der Waals surface area contributed by atoms with Crippen LogP contribution < -0.4 is 10.2 Å². The van der Waals surface area contributed by atoms with Gasteiger partial charge < -0.3 is 10.2 Å². The molecule has 1 aromatic carbocycles. The van der Waals surface area contributed by atoms with Gasteiger partial charge in [-0.1, -0.05) is 11.6 Å². The predicted octanol–water partition coefficient (Wildman–Crippen LogP) is 2.20. The number of nitrogens with one attached hydrogen (secondary N) is 1. The molecule has 2 aliphatic rings. The topological polar surface area (TPSA) is 15.3 Å².